The first-order chi connectivity index (χ1) is 58.3. The Balaban J connectivity index is 0.000000140. The van der Waals surface area contributed by atoms with Gasteiger partial charge in [-0.15, -0.1) is 0 Å². The summed E-state index contributed by atoms with van der Waals surface area (Å²) in [5.74, 6) is 0. The zero-order valence-electron chi connectivity index (χ0n) is 63.2. The van der Waals surface area contributed by atoms with Crippen LogP contribution >= 0.6 is 0 Å². The Morgan fingerprint density at radius 3 is 0.831 bits per heavy atom. The van der Waals surface area contributed by atoms with Crippen molar-refractivity contribution in [3.8, 4) is 101 Å². The average molecular weight is 1500 g/mol. The van der Waals surface area contributed by atoms with Crippen molar-refractivity contribution < 1.29 is 0 Å². The van der Waals surface area contributed by atoms with Gasteiger partial charge in [0.15, 0.2) is 0 Å². The molecule has 0 saturated carbocycles. The van der Waals surface area contributed by atoms with Crippen molar-refractivity contribution in [3.05, 3.63) is 376 Å². The summed E-state index contributed by atoms with van der Waals surface area (Å²) in [7, 11) is 0. The van der Waals surface area contributed by atoms with Crippen molar-refractivity contribution in [1.29, 1.82) is 0 Å². The van der Waals surface area contributed by atoms with Crippen LogP contribution in [0.25, 0.3) is 243 Å². The lowest BCUT2D eigenvalue weighted by molar-refractivity contribution is 1.31. The minimum absolute atomic E-state index is 0.798. The van der Waals surface area contributed by atoms with Crippen LogP contribution in [-0.2, 0) is 0 Å². The molecule has 12 nitrogen and oxygen atoms in total. The Labute approximate surface area is 675 Å². The van der Waals surface area contributed by atoms with E-state index in [4.69, 9.17) is 54.8 Å². The number of fused-ring (bicyclic) bond motifs is 17. The van der Waals surface area contributed by atoms with Gasteiger partial charge in [0, 0.05) is 110 Å². The van der Waals surface area contributed by atoms with Crippen LogP contribution < -0.4 is 0 Å². The Hall–Kier alpha value is -16.2. The van der Waals surface area contributed by atoms with Crippen LogP contribution in [0.3, 0.4) is 0 Å². The maximum atomic E-state index is 5.25. The summed E-state index contributed by atoms with van der Waals surface area (Å²) < 4.78 is 0. The fraction of sp³-hybridized carbons (Fsp3) is 0. The van der Waals surface area contributed by atoms with Crippen LogP contribution in [0.5, 0.6) is 0 Å². The lowest BCUT2D eigenvalue weighted by atomic mass is 9.96. The maximum absolute atomic E-state index is 5.25. The smallest absolute Gasteiger partial charge is 0.0973 e. The third-order valence-electron chi connectivity index (χ3n) is 22.7. The van der Waals surface area contributed by atoms with Gasteiger partial charge in [0.1, 0.15) is 0 Å². The summed E-state index contributed by atoms with van der Waals surface area (Å²) in [6.07, 6.45) is 3.65. The zero-order valence-corrected chi connectivity index (χ0v) is 63.2. The molecule has 0 bridgehead atoms. The molecule has 546 valence electrons. The van der Waals surface area contributed by atoms with E-state index in [-0.39, 0.29) is 0 Å². The summed E-state index contributed by atoms with van der Waals surface area (Å²) >= 11 is 0. The normalized spacial score (nSPS) is 11.7. The van der Waals surface area contributed by atoms with E-state index in [0.29, 0.717) is 0 Å². The van der Waals surface area contributed by atoms with Gasteiger partial charge in [-0.25, -0.2) is 49.8 Å². The first kappa shape index (κ1) is 67.5. The Kier molecular flexibility index (Phi) is 16.0. The quantitative estimate of drug-likeness (QED) is 0.126. The fourth-order valence-corrected chi connectivity index (χ4v) is 16.5. The second-order valence-electron chi connectivity index (χ2n) is 29.9. The maximum Gasteiger partial charge on any atom is 0.0973 e. The van der Waals surface area contributed by atoms with Crippen molar-refractivity contribution >= 4 is 142 Å². The van der Waals surface area contributed by atoms with Gasteiger partial charge in [-0.2, -0.15) is 0 Å². The third-order valence-corrected chi connectivity index (χ3v) is 22.7. The van der Waals surface area contributed by atoms with E-state index < -0.39 is 0 Å². The molecule has 0 amide bonds. The molecular formula is C106H62N12. The van der Waals surface area contributed by atoms with Crippen molar-refractivity contribution in [2.45, 2.75) is 0 Å². The van der Waals surface area contributed by atoms with Gasteiger partial charge >= 0.3 is 0 Å². The van der Waals surface area contributed by atoms with Crippen LogP contribution in [0.4, 0.5) is 0 Å². The topological polar surface area (TPSA) is 155 Å². The molecule has 12 heterocycles. The highest BCUT2D eigenvalue weighted by Gasteiger charge is 2.19. The number of aromatic nitrogens is 12. The van der Waals surface area contributed by atoms with Crippen LogP contribution in [0.1, 0.15) is 0 Å². The Morgan fingerprint density at radius 1 is 0.136 bits per heavy atom. The molecule has 12 aromatic carbocycles. The molecule has 118 heavy (non-hydrogen) atoms. The van der Waals surface area contributed by atoms with Gasteiger partial charge in [0.05, 0.1) is 123 Å². The largest absolute Gasteiger partial charge is 0.254 e. The average Bonchev–Trinajstić information content (AvgIpc) is 0.744. The van der Waals surface area contributed by atoms with Gasteiger partial charge in [0.25, 0.3) is 0 Å². The Morgan fingerprint density at radius 2 is 0.407 bits per heavy atom. The molecule has 0 aliphatic carbocycles. The van der Waals surface area contributed by atoms with Crippen molar-refractivity contribution in [3.63, 3.8) is 0 Å². The van der Waals surface area contributed by atoms with Crippen LogP contribution in [0, 0.1) is 0 Å². The monoisotopic (exact) mass is 1500 g/mol. The zero-order chi connectivity index (χ0) is 77.7. The first-order valence-corrected chi connectivity index (χ1v) is 39.4. The van der Waals surface area contributed by atoms with E-state index in [2.05, 4.69) is 296 Å². The third kappa shape index (κ3) is 12.2. The van der Waals surface area contributed by atoms with E-state index in [9.17, 15) is 0 Å². The van der Waals surface area contributed by atoms with E-state index in [1.807, 2.05) is 85.2 Å². The van der Waals surface area contributed by atoms with E-state index in [1.165, 1.54) is 10.8 Å². The van der Waals surface area contributed by atoms with Crippen LogP contribution in [0.15, 0.2) is 376 Å². The van der Waals surface area contributed by atoms with Gasteiger partial charge in [-0.05, 0) is 131 Å². The highest BCUT2D eigenvalue weighted by atomic mass is 14.8. The van der Waals surface area contributed by atoms with Crippen molar-refractivity contribution in [2.24, 2.45) is 0 Å². The van der Waals surface area contributed by atoms with Gasteiger partial charge < -0.3 is 0 Å². The number of pyridine rings is 12. The number of hydrogen-bond donors (Lipinski definition) is 0. The van der Waals surface area contributed by atoms with Crippen molar-refractivity contribution in [2.75, 3.05) is 0 Å². The van der Waals surface area contributed by atoms with E-state index in [1.54, 1.807) is 0 Å². The second-order valence-corrected chi connectivity index (χ2v) is 29.9. The molecule has 0 aliphatic rings. The molecule has 0 radical (unpaired) electrons. The van der Waals surface area contributed by atoms with Crippen molar-refractivity contribution in [1.82, 2.24) is 59.8 Å². The summed E-state index contributed by atoms with van der Waals surface area (Å²) in [5, 5.41) is 15.1. The lowest BCUT2D eigenvalue weighted by Gasteiger charge is -2.11. The summed E-state index contributed by atoms with van der Waals surface area (Å²) in [6.45, 7) is 0. The summed E-state index contributed by atoms with van der Waals surface area (Å²) in [5.41, 5.74) is 27.7. The first-order valence-electron chi connectivity index (χ1n) is 39.4. The molecule has 0 saturated heterocycles. The number of benzene rings is 12. The SMILES string of the molecule is c1ccc(-c2ccc3ccc4ccc(-c5ccc6ccc(-c7ccc8ccc(-c9cc%10cccnc%10c%10ncccc9%10)cc8n7)cc6n5)nc4c3n2)cc1.c1ccc(-c2ccc3ccc4ccc(-c5ccc6ccc(-c7ccc8ccc(-c9ccc%10ccc%11ccc(-c%12ccc%13ccccc%13c%12)nc%11c%10n9)cc8n7)cc6n5)nc4c3n2)cc1. The lowest BCUT2D eigenvalue weighted by Crippen LogP contribution is -1.93. The standard InChI is InChI=1S/C58H34N6.C48H28N6/c1-2-7-36(8-3-1)47-27-22-39-15-16-42-25-31-52(64-58(42)57(39)61-47)51-30-21-38-11-18-45(33-54(38)60-51)48-26-20-37-12-19-46(34-53(37)59-48)50-29-24-41-14-13-40-23-28-49(62-55(40)56(41)63-50)44-17-10-35-6-4-5-9-43(35)32-44;1-2-6-29(7-3-1)39-21-18-32-12-13-33-19-23-42(54-47(33)46(32)53-39)41-22-17-31-11-15-35(28-44(31)52-41)40-20-16-30-10-14-34(27-43(30)51-40)38-26-36-8-4-24-49-45(36)48-37(38)9-5-25-50-48/h1-34H;1-28H. The highest BCUT2D eigenvalue weighted by molar-refractivity contribution is 6.12. The predicted molar refractivity (Wildman–Crippen MR) is 483 cm³/mol. The summed E-state index contributed by atoms with van der Waals surface area (Å²) in [6, 6.07) is 126. The highest BCUT2D eigenvalue weighted by Crippen LogP contribution is 2.39. The molecule has 24 aromatic rings. The van der Waals surface area contributed by atoms with Crippen LogP contribution in [0.2, 0.25) is 0 Å². The molecule has 0 fully saturated rings. The number of hydrogen-bond acceptors (Lipinski definition) is 12. The van der Waals surface area contributed by atoms with E-state index >= 15 is 0 Å². The predicted octanol–water partition coefficient (Wildman–Crippen LogP) is 26.1. The van der Waals surface area contributed by atoms with Crippen LogP contribution in [-0.4, -0.2) is 59.8 Å². The molecule has 24 rings (SSSR count). The minimum atomic E-state index is 0.798. The summed E-state index contributed by atoms with van der Waals surface area (Å²) in [4.78, 5) is 61.0. The molecule has 0 atom stereocenters. The second kappa shape index (κ2) is 27.9. The molecule has 0 aliphatic heterocycles. The molecule has 12 aromatic heterocycles. The Bertz CT molecular complexity index is 8290. The van der Waals surface area contributed by atoms with Gasteiger partial charge in [-0.1, -0.05) is 255 Å². The van der Waals surface area contributed by atoms with Gasteiger partial charge in [0.2, 0.25) is 0 Å². The molecule has 0 unspecified atom stereocenters. The van der Waals surface area contributed by atoms with E-state index in [0.717, 1.165) is 232 Å². The van der Waals surface area contributed by atoms with Gasteiger partial charge in [-0.3, -0.25) is 9.97 Å². The number of rotatable bonds is 9. The fourth-order valence-electron chi connectivity index (χ4n) is 16.5. The minimum Gasteiger partial charge on any atom is -0.254 e. The molecule has 0 N–H and O–H groups in total. The molecule has 12 heteroatoms. The molecular weight excluding hydrogens is 1440 g/mol. The number of nitrogens with zero attached hydrogens (tertiary/aromatic N) is 12. The molecule has 0 spiro atoms.